The number of aromatic carboxylic acids is 1. The number of carbonyl (C=O) groups excluding carboxylic acids is 10. The molecule has 0 aliphatic heterocycles. The van der Waals surface area contributed by atoms with E-state index >= 15 is 0 Å². The number of Topliss-reactive ketones (excluding diaryl/α,β-unsaturated/α-hetero) is 2. The monoisotopic (exact) mass is 1610 g/mol. The largest absolute Gasteiger partial charge is 0.488 e. The molecule has 1 aromatic carbocycles. The van der Waals surface area contributed by atoms with E-state index in [0.29, 0.717) is 89.2 Å². The van der Waals surface area contributed by atoms with Crippen LogP contribution in [0.3, 0.4) is 0 Å². The molecule has 0 saturated heterocycles. The van der Waals surface area contributed by atoms with E-state index in [0.717, 1.165) is 144 Å². The number of carbonyl (C=O) groups is 11. The van der Waals surface area contributed by atoms with Crippen molar-refractivity contribution < 1.29 is 82.1 Å². The van der Waals surface area contributed by atoms with E-state index in [9.17, 15) is 52.7 Å². The van der Waals surface area contributed by atoms with Crippen LogP contribution in [0.2, 0.25) is 0 Å². The van der Waals surface area contributed by atoms with Crippen molar-refractivity contribution in [1.82, 2.24) is 36.4 Å². The highest BCUT2D eigenvalue weighted by atomic mass is 35.5. The number of halogens is 1. The predicted octanol–water partition coefficient (Wildman–Crippen LogP) is 9.99. The lowest BCUT2D eigenvalue weighted by Crippen LogP contribution is -2.33. The Morgan fingerprint density at radius 3 is 1.19 bits per heavy atom. The quantitative estimate of drug-likeness (QED) is 0.00551. The van der Waals surface area contributed by atoms with Crippen molar-refractivity contribution in [3.05, 3.63) is 55.1 Å². The summed E-state index contributed by atoms with van der Waals surface area (Å²) in [4.78, 5) is 125. The van der Waals surface area contributed by atoms with E-state index in [1.165, 1.54) is 50.3 Å². The molecule has 34 heteroatoms. The van der Waals surface area contributed by atoms with Crippen molar-refractivity contribution in [2.24, 2.45) is 11.5 Å². The summed E-state index contributed by atoms with van der Waals surface area (Å²) < 4.78 is 14.2. The van der Waals surface area contributed by atoms with Crippen molar-refractivity contribution >= 4 is 155 Å². The molecule has 12 N–H and O–H groups in total. The second kappa shape index (κ2) is 76.7. The molecule has 0 saturated carbocycles. The van der Waals surface area contributed by atoms with Crippen LogP contribution in [-0.4, -0.2) is 229 Å². The number of carboxylic acid groups (broad SMARTS) is 1. The van der Waals surface area contributed by atoms with Gasteiger partial charge in [-0.25, -0.2) is 14.4 Å². The molecular weight excluding hydrogens is 1480 g/mol. The Morgan fingerprint density at radius 1 is 0.490 bits per heavy atom. The lowest BCUT2D eigenvalue weighted by molar-refractivity contribution is -0.156. The van der Waals surface area contributed by atoms with Crippen molar-refractivity contribution in [1.29, 1.82) is 0 Å². The first kappa shape index (κ1) is 110. The standard InChI is InChI=1S/C22H43N3O4S2.C17H35N3O2S2.C11H17NO2S2.C9H20N2O2.C7H7BO4.C4H6O3.ClH/c1-6-10-20(27)23-14-18-31-30-17-9-11-19(26)12-16-25(5)15-8-7-13-24-21(28)29-22(2,3)4;1-3-7-17(22)19-11-15-24-23-14-6-8-16(21)9-13-20(2)12-5-4-10-18;1-3-10(13)6-5-8-15-16-9-7-12-11(14)4-2;1-9(2,3)13-8(12)11-7-5-4-6-10;9-7(10)5-1-3-6(4-2-5)8(11)12;1-3(5)7-4(2)6;/h6-18H2,1-5H3,(H,23,27)(H,24,28);3-15,18H2,1-2H3,(H,19,22);3-4H,1-2,5-9H2,(H,12,14);4-7,10H2,1-3H3,(H,11,12);1-4,11-12H,(H,9,10);1-2H3;1H. The third-order valence-corrected chi connectivity index (χ3v) is 19.8. The van der Waals surface area contributed by atoms with Gasteiger partial charge in [-0.2, -0.15) is 0 Å². The third-order valence-electron chi connectivity index (χ3n) is 12.4. The van der Waals surface area contributed by atoms with Crippen molar-refractivity contribution in [3.63, 3.8) is 0 Å². The van der Waals surface area contributed by atoms with Crippen LogP contribution in [0.15, 0.2) is 49.6 Å². The fourth-order valence-corrected chi connectivity index (χ4v) is 13.2. The number of amides is 5. The third kappa shape index (κ3) is 91.7. The topological polar surface area (TPSA) is 395 Å². The molecule has 5 amide bonds. The van der Waals surface area contributed by atoms with Crippen molar-refractivity contribution in [3.8, 4) is 0 Å². The summed E-state index contributed by atoms with van der Waals surface area (Å²) in [6, 6.07) is 5.34. The van der Waals surface area contributed by atoms with Gasteiger partial charge in [-0.3, -0.25) is 38.4 Å². The number of esters is 2. The highest BCUT2D eigenvalue weighted by Gasteiger charge is 2.17. The number of carboxylic acids is 1. The van der Waals surface area contributed by atoms with Gasteiger partial charge < -0.3 is 77.2 Å². The molecule has 0 radical (unpaired) electrons. The maximum atomic E-state index is 12.0. The molecule has 0 fully saturated rings. The van der Waals surface area contributed by atoms with Crippen LogP contribution in [0.5, 0.6) is 0 Å². The van der Waals surface area contributed by atoms with Crippen LogP contribution >= 0.6 is 77.2 Å². The number of rotatable bonds is 51. The molecule has 0 aliphatic rings. The number of hydrogen-bond donors (Lipinski definition) is 10. The summed E-state index contributed by atoms with van der Waals surface area (Å²) in [7, 11) is 13.0. The second-order valence-electron chi connectivity index (χ2n) is 24.7. The molecule has 104 heavy (non-hydrogen) atoms. The van der Waals surface area contributed by atoms with E-state index in [4.69, 9.17) is 36.1 Å². The summed E-state index contributed by atoms with van der Waals surface area (Å²) in [5, 5.41) is 39.7. The lowest BCUT2D eigenvalue weighted by Gasteiger charge is -2.20. The Bertz CT molecular complexity index is 2420. The molecule has 0 spiro atoms. The van der Waals surface area contributed by atoms with Gasteiger partial charge in [-0.05, 0) is 182 Å². The lowest BCUT2D eigenvalue weighted by atomic mass is 9.80. The first-order valence-corrected chi connectivity index (χ1v) is 42.5. The summed E-state index contributed by atoms with van der Waals surface area (Å²) >= 11 is 0. The number of benzene rings is 1. The predicted molar refractivity (Wildman–Crippen MR) is 438 cm³/mol. The SMILES string of the molecule is C=CC(=O)CCCSSCCNC(=O)C=C.CC(=O)OC(C)=O.CC(C)(C)OC(=O)NCCCCN.CCCC(=O)NCCSSCCCC(=O)CCN(C)CCCCN.CCCC(=O)NCCSSCCCC(=O)CCN(C)CCCCNC(=O)OC(C)(C)C.Cl.O=C(O)c1ccc(B(O)O)cc1. The zero-order valence-corrected chi connectivity index (χ0v) is 69.9. The molecule has 0 aliphatic carbocycles. The Balaban J connectivity index is -0.000000292. The molecular formula is C70H129BClN9O17S6. The zero-order valence-electron chi connectivity index (χ0n) is 64.2. The van der Waals surface area contributed by atoms with Gasteiger partial charge in [0.25, 0.3) is 0 Å². The van der Waals surface area contributed by atoms with Gasteiger partial charge in [-0.1, -0.05) is 104 Å². The summed E-state index contributed by atoms with van der Waals surface area (Å²) in [6.45, 7) is 32.5. The fourth-order valence-electron chi connectivity index (χ4n) is 7.22. The Morgan fingerprint density at radius 2 is 0.856 bits per heavy atom. The van der Waals surface area contributed by atoms with E-state index in [1.807, 2.05) is 62.4 Å². The van der Waals surface area contributed by atoms with Crippen LogP contribution in [0, 0.1) is 0 Å². The number of alkyl carbamates (subject to hydrolysis) is 2. The fraction of sp³-hybridized carbons (Fsp3) is 0.700. The number of ether oxygens (including phenoxy) is 3. The van der Waals surface area contributed by atoms with Gasteiger partial charge in [0, 0.05) is 139 Å². The van der Waals surface area contributed by atoms with Gasteiger partial charge in [-0.15, -0.1) is 12.4 Å². The molecule has 1 rings (SSSR count). The highest BCUT2D eigenvalue weighted by Crippen LogP contribution is 2.24. The van der Waals surface area contributed by atoms with Crippen molar-refractivity contribution in [2.75, 3.05) is 121 Å². The smallest absolute Gasteiger partial charge is 0.478 e. The molecule has 26 nitrogen and oxygen atoms in total. The van der Waals surface area contributed by atoms with E-state index in [1.54, 1.807) is 64.8 Å². The highest BCUT2D eigenvalue weighted by molar-refractivity contribution is 8.77. The van der Waals surface area contributed by atoms with Gasteiger partial charge in [0.2, 0.25) is 17.7 Å². The Kier molecular flexibility index (Phi) is 81.4. The molecule has 602 valence electrons. The first-order valence-electron chi connectivity index (χ1n) is 35.1. The van der Waals surface area contributed by atoms with E-state index in [-0.39, 0.29) is 59.1 Å². The van der Waals surface area contributed by atoms with Crippen LogP contribution in [-0.2, 0) is 52.6 Å². The summed E-state index contributed by atoms with van der Waals surface area (Å²) in [5.41, 5.74) is 10.3. The van der Waals surface area contributed by atoms with E-state index in [2.05, 4.69) is 61.3 Å². The Hall–Kier alpha value is -4.52. The number of ketones is 3. The summed E-state index contributed by atoms with van der Waals surface area (Å²) in [6.07, 6.45) is 16.6. The van der Waals surface area contributed by atoms with Gasteiger partial charge in [0.1, 0.15) is 22.8 Å². The minimum Gasteiger partial charge on any atom is -0.478 e. The maximum absolute atomic E-state index is 12.0. The average Bonchev–Trinajstić information content (AvgIpc) is 1.19. The molecule has 0 bridgehead atoms. The van der Waals surface area contributed by atoms with Crippen LogP contribution in [0.4, 0.5) is 9.59 Å². The van der Waals surface area contributed by atoms with Crippen LogP contribution < -0.4 is 43.5 Å². The van der Waals surface area contributed by atoms with Gasteiger partial charge in [0.05, 0.1) is 5.56 Å². The number of allylic oxidation sites excluding steroid dienone is 1. The number of nitrogens with two attached hydrogens (primary N) is 2. The number of nitrogens with zero attached hydrogens (tertiary/aromatic N) is 2. The first-order chi connectivity index (χ1) is 48.6. The maximum Gasteiger partial charge on any atom is 0.488 e. The minimum atomic E-state index is -1.55. The molecule has 0 heterocycles. The van der Waals surface area contributed by atoms with Gasteiger partial charge >= 0.3 is 37.2 Å². The number of unbranched alkanes of at least 4 members (excludes halogenated alkanes) is 3. The van der Waals surface area contributed by atoms with E-state index < -0.39 is 36.2 Å². The second-order valence-corrected chi connectivity index (χ2v) is 32.8. The normalized spacial score (nSPS) is 10.4. The van der Waals surface area contributed by atoms with Gasteiger partial charge in [0.15, 0.2) is 5.78 Å². The molecule has 0 unspecified atom stereocenters. The molecule has 0 atom stereocenters. The van der Waals surface area contributed by atoms with Crippen LogP contribution in [0.1, 0.15) is 195 Å². The number of nitrogens with one attached hydrogen (secondary N) is 5. The molecule has 1 aromatic rings. The molecule has 0 aromatic heterocycles. The Labute approximate surface area is 652 Å². The van der Waals surface area contributed by atoms with Crippen molar-refractivity contribution in [2.45, 2.75) is 196 Å². The zero-order chi connectivity index (χ0) is 79.1. The minimum absolute atomic E-state index is 0. The van der Waals surface area contributed by atoms with Crippen LogP contribution in [0.25, 0.3) is 0 Å². The summed E-state index contributed by atoms with van der Waals surface area (Å²) in [5.74, 6) is 4.32. The number of hydrogen-bond acceptors (Lipinski definition) is 26. The average molecular weight is 1610 g/mol.